The van der Waals surface area contributed by atoms with Gasteiger partial charge in [0.25, 0.3) is 12.0 Å². The number of carbonyl (C=O) groups is 1. The lowest BCUT2D eigenvalue weighted by atomic mass is 9.96. The van der Waals surface area contributed by atoms with Gasteiger partial charge in [0.2, 0.25) is 0 Å². The Morgan fingerprint density at radius 1 is 1.32 bits per heavy atom. The largest absolute Gasteiger partial charge is 0.497 e. The molecule has 0 amide bonds. The molecule has 1 fully saturated rings. The molecule has 1 aromatic carbocycles. The van der Waals surface area contributed by atoms with Gasteiger partial charge < -0.3 is 24.5 Å². The standard InChI is InChI=1S/C20H25N5O3.CH2O2/c1-24-18(12-26)22-23-19(24)14-4-3-7-25(10-14)11-15-8-13-5-6-16(28-2)9-17(13)21-20(15)27;2-1-3/h5-6,8-9,14,26H,3-4,7,10-12H2,1-2H3,(H,21,27);1H,(H,2,3). The third-order valence-electron chi connectivity index (χ3n) is 5.53. The van der Waals surface area contributed by atoms with Gasteiger partial charge in [-0.05, 0) is 43.0 Å². The van der Waals surface area contributed by atoms with E-state index >= 15 is 0 Å². The van der Waals surface area contributed by atoms with E-state index in [0.717, 1.165) is 54.0 Å². The Hall–Kier alpha value is -3.24. The lowest BCUT2D eigenvalue weighted by molar-refractivity contribution is -0.122. The maximum absolute atomic E-state index is 12.6. The summed E-state index contributed by atoms with van der Waals surface area (Å²) in [6.07, 6.45) is 2.07. The summed E-state index contributed by atoms with van der Waals surface area (Å²) in [6, 6.07) is 7.66. The number of hydrogen-bond donors (Lipinski definition) is 3. The first-order valence-corrected chi connectivity index (χ1v) is 9.99. The molecule has 1 aliphatic rings. The van der Waals surface area contributed by atoms with Crippen molar-refractivity contribution >= 4 is 17.4 Å². The number of nitrogens with zero attached hydrogens (tertiary/aromatic N) is 4. The Kier molecular flexibility index (Phi) is 7.37. The van der Waals surface area contributed by atoms with Crippen LogP contribution < -0.4 is 10.3 Å². The Morgan fingerprint density at radius 2 is 2.10 bits per heavy atom. The molecule has 0 spiro atoms. The maximum Gasteiger partial charge on any atom is 0.290 e. The molecule has 0 saturated carbocycles. The van der Waals surface area contributed by atoms with Gasteiger partial charge in [-0.3, -0.25) is 14.5 Å². The van der Waals surface area contributed by atoms with Crippen LogP contribution in [0.4, 0.5) is 0 Å². The molecule has 0 aliphatic carbocycles. The summed E-state index contributed by atoms with van der Waals surface area (Å²) < 4.78 is 7.11. The van der Waals surface area contributed by atoms with Crippen LogP contribution in [0, 0.1) is 0 Å². The van der Waals surface area contributed by atoms with E-state index in [2.05, 4.69) is 20.1 Å². The maximum atomic E-state index is 12.6. The Balaban J connectivity index is 0.000000858. The number of aromatic amines is 1. The Labute approximate surface area is 179 Å². The first-order valence-electron chi connectivity index (χ1n) is 9.99. The molecule has 1 aliphatic heterocycles. The molecule has 1 unspecified atom stereocenters. The highest BCUT2D eigenvalue weighted by atomic mass is 16.5. The summed E-state index contributed by atoms with van der Waals surface area (Å²) in [4.78, 5) is 26.2. The van der Waals surface area contributed by atoms with Crippen molar-refractivity contribution < 1.29 is 19.7 Å². The fourth-order valence-corrected chi connectivity index (χ4v) is 3.99. The second-order valence-electron chi connectivity index (χ2n) is 7.45. The first-order chi connectivity index (χ1) is 15.0. The summed E-state index contributed by atoms with van der Waals surface area (Å²) in [6.45, 7) is 1.99. The molecule has 3 heterocycles. The summed E-state index contributed by atoms with van der Waals surface area (Å²) in [5, 5.41) is 25.6. The quantitative estimate of drug-likeness (QED) is 0.516. The number of aliphatic hydroxyl groups excluding tert-OH is 1. The first kappa shape index (κ1) is 22.4. The van der Waals surface area contributed by atoms with Crippen LogP contribution in [0.1, 0.15) is 36.0 Å². The predicted molar refractivity (Wildman–Crippen MR) is 114 cm³/mol. The van der Waals surface area contributed by atoms with Crippen molar-refractivity contribution in [3.8, 4) is 5.75 Å². The average molecular weight is 429 g/mol. The molecular formula is C21H27N5O5. The minimum absolute atomic E-state index is 0.0656. The third-order valence-corrected chi connectivity index (χ3v) is 5.53. The number of benzene rings is 1. The number of fused-ring (bicyclic) bond motifs is 1. The SMILES string of the molecule is COc1ccc2cc(CN3CCCC(c4nnc(CO)n4C)C3)c(=O)[nH]c2c1.O=CO. The van der Waals surface area contributed by atoms with Crippen molar-refractivity contribution in [3.63, 3.8) is 0 Å². The van der Waals surface area contributed by atoms with Crippen molar-refractivity contribution in [2.75, 3.05) is 20.2 Å². The molecular weight excluding hydrogens is 402 g/mol. The van der Waals surface area contributed by atoms with Crippen LogP contribution in [0.3, 0.4) is 0 Å². The van der Waals surface area contributed by atoms with Crippen LogP contribution in [0.25, 0.3) is 10.9 Å². The van der Waals surface area contributed by atoms with Crippen LogP contribution in [-0.2, 0) is 25.0 Å². The Bertz CT molecular complexity index is 1090. The number of likely N-dealkylation sites (tertiary alicyclic amines) is 1. The highest BCUT2D eigenvalue weighted by molar-refractivity contribution is 5.80. The summed E-state index contributed by atoms with van der Waals surface area (Å²) >= 11 is 0. The fourth-order valence-electron chi connectivity index (χ4n) is 3.99. The molecule has 31 heavy (non-hydrogen) atoms. The molecule has 3 N–H and O–H groups in total. The number of hydrogen-bond acceptors (Lipinski definition) is 7. The van der Waals surface area contributed by atoms with Crippen molar-refractivity contribution in [2.45, 2.75) is 31.9 Å². The number of pyridine rings is 1. The average Bonchev–Trinajstić information content (AvgIpc) is 3.15. The number of piperidine rings is 1. The molecule has 3 aromatic rings. The predicted octanol–water partition coefficient (Wildman–Crippen LogP) is 1.24. The van der Waals surface area contributed by atoms with E-state index < -0.39 is 0 Å². The Morgan fingerprint density at radius 3 is 2.77 bits per heavy atom. The summed E-state index contributed by atoms with van der Waals surface area (Å²) in [7, 11) is 3.50. The van der Waals surface area contributed by atoms with E-state index in [1.54, 1.807) is 7.11 Å². The number of aromatic nitrogens is 4. The topological polar surface area (TPSA) is 134 Å². The zero-order valence-corrected chi connectivity index (χ0v) is 17.6. The molecule has 4 rings (SSSR count). The molecule has 0 radical (unpaired) electrons. The van der Waals surface area contributed by atoms with Gasteiger partial charge in [0.1, 0.15) is 18.2 Å². The smallest absolute Gasteiger partial charge is 0.290 e. The number of methoxy groups -OCH3 is 1. The van der Waals surface area contributed by atoms with Crippen LogP contribution in [-0.4, -0.2) is 61.5 Å². The lowest BCUT2D eigenvalue weighted by Crippen LogP contribution is -2.36. The third kappa shape index (κ3) is 5.09. The van der Waals surface area contributed by atoms with E-state index in [1.165, 1.54) is 0 Å². The normalized spacial score (nSPS) is 16.5. The molecule has 10 heteroatoms. The molecule has 1 saturated heterocycles. The number of carboxylic acid groups (broad SMARTS) is 1. The summed E-state index contributed by atoms with van der Waals surface area (Å²) in [5.74, 6) is 2.44. The number of rotatable bonds is 5. The zero-order chi connectivity index (χ0) is 22.4. The van der Waals surface area contributed by atoms with Gasteiger partial charge in [-0.15, -0.1) is 10.2 Å². The number of aliphatic hydroxyl groups is 1. The lowest BCUT2D eigenvalue weighted by Gasteiger charge is -2.32. The van der Waals surface area contributed by atoms with E-state index in [-0.39, 0.29) is 24.6 Å². The van der Waals surface area contributed by atoms with Gasteiger partial charge in [0.15, 0.2) is 5.82 Å². The van der Waals surface area contributed by atoms with Crippen molar-refractivity contribution in [2.24, 2.45) is 7.05 Å². The van der Waals surface area contributed by atoms with Crippen molar-refractivity contribution in [3.05, 3.63) is 51.8 Å². The van der Waals surface area contributed by atoms with Crippen LogP contribution in [0.15, 0.2) is 29.1 Å². The summed E-state index contributed by atoms with van der Waals surface area (Å²) in [5.41, 5.74) is 1.47. The van der Waals surface area contributed by atoms with E-state index in [4.69, 9.17) is 14.6 Å². The van der Waals surface area contributed by atoms with Crippen molar-refractivity contribution in [1.82, 2.24) is 24.6 Å². The van der Waals surface area contributed by atoms with E-state index in [9.17, 15) is 9.90 Å². The van der Waals surface area contributed by atoms with Crippen LogP contribution >= 0.6 is 0 Å². The fraction of sp³-hybridized carbons (Fsp3) is 0.429. The molecule has 10 nitrogen and oxygen atoms in total. The minimum Gasteiger partial charge on any atom is -0.497 e. The van der Waals surface area contributed by atoms with Gasteiger partial charge in [-0.2, -0.15) is 0 Å². The highest BCUT2D eigenvalue weighted by Crippen LogP contribution is 2.27. The second kappa shape index (κ2) is 10.2. The van der Waals surface area contributed by atoms with Crippen LogP contribution in [0.2, 0.25) is 0 Å². The molecule has 1 atom stereocenters. The van der Waals surface area contributed by atoms with Crippen molar-refractivity contribution in [1.29, 1.82) is 0 Å². The zero-order valence-electron chi connectivity index (χ0n) is 17.6. The van der Waals surface area contributed by atoms with E-state index in [0.29, 0.717) is 12.4 Å². The second-order valence-corrected chi connectivity index (χ2v) is 7.45. The van der Waals surface area contributed by atoms with Gasteiger partial charge in [-0.1, -0.05) is 0 Å². The minimum atomic E-state index is -0.250. The van der Waals surface area contributed by atoms with Gasteiger partial charge in [0.05, 0.1) is 12.6 Å². The highest BCUT2D eigenvalue weighted by Gasteiger charge is 2.26. The van der Waals surface area contributed by atoms with Gasteiger partial charge >= 0.3 is 0 Å². The number of H-pyrrole nitrogens is 1. The van der Waals surface area contributed by atoms with Crippen LogP contribution in [0.5, 0.6) is 5.75 Å². The van der Waals surface area contributed by atoms with E-state index in [1.807, 2.05) is 35.9 Å². The molecule has 166 valence electrons. The number of ether oxygens (including phenoxy) is 1. The van der Waals surface area contributed by atoms with Gasteiger partial charge in [-0.25, -0.2) is 0 Å². The monoisotopic (exact) mass is 429 g/mol. The van der Waals surface area contributed by atoms with Gasteiger partial charge in [0, 0.05) is 37.7 Å². The molecule has 0 bridgehead atoms. The number of nitrogens with one attached hydrogen (secondary N) is 1. The molecule has 2 aromatic heterocycles.